The van der Waals surface area contributed by atoms with Crippen LogP contribution in [0.25, 0.3) is 0 Å². The largest absolute Gasteiger partial charge is 0.493 e. The molecule has 1 aliphatic rings. The quantitative estimate of drug-likeness (QED) is 0.915. The maximum atomic E-state index is 12.4. The molecule has 0 radical (unpaired) electrons. The highest BCUT2D eigenvalue weighted by atomic mass is 16.5. The van der Waals surface area contributed by atoms with Crippen molar-refractivity contribution in [3.05, 3.63) is 48.3 Å². The van der Waals surface area contributed by atoms with Gasteiger partial charge < -0.3 is 14.8 Å². The molecule has 5 heteroatoms. The predicted octanol–water partition coefficient (Wildman–Crippen LogP) is 3.66. The van der Waals surface area contributed by atoms with Gasteiger partial charge in [0.15, 0.2) is 11.5 Å². The van der Waals surface area contributed by atoms with Gasteiger partial charge in [-0.3, -0.25) is 9.78 Å². The molecule has 0 saturated heterocycles. The summed E-state index contributed by atoms with van der Waals surface area (Å²) in [6, 6.07) is 8.74. The topological polar surface area (TPSA) is 60.5 Å². The van der Waals surface area contributed by atoms with Gasteiger partial charge in [0, 0.05) is 23.6 Å². The van der Waals surface area contributed by atoms with E-state index in [1.807, 2.05) is 0 Å². The summed E-state index contributed by atoms with van der Waals surface area (Å²) < 4.78 is 11.4. The third-order valence-electron chi connectivity index (χ3n) is 3.96. The number of hydrogen-bond donors (Lipinski definition) is 1. The predicted molar refractivity (Wildman–Crippen MR) is 88.1 cm³/mol. The second kappa shape index (κ2) is 7.13. The van der Waals surface area contributed by atoms with Crippen LogP contribution < -0.4 is 14.8 Å². The van der Waals surface area contributed by atoms with E-state index in [0.717, 1.165) is 12.8 Å². The van der Waals surface area contributed by atoms with E-state index in [1.165, 1.54) is 12.8 Å². The summed E-state index contributed by atoms with van der Waals surface area (Å²) >= 11 is 0. The number of nitrogens with one attached hydrogen (secondary N) is 1. The molecular formula is C18H20N2O3. The van der Waals surface area contributed by atoms with Crippen molar-refractivity contribution in [3.63, 3.8) is 0 Å². The zero-order chi connectivity index (χ0) is 16.1. The molecule has 0 spiro atoms. The standard InChI is InChI=1S/C18H20N2O3/c1-22-16-7-6-13(12-17(16)23-15-4-2-3-5-15)18(21)20-14-8-10-19-11-9-14/h6-12,15H,2-5H2,1H3,(H,19,20,21). The molecule has 23 heavy (non-hydrogen) atoms. The Bertz CT molecular complexity index is 667. The molecule has 1 N–H and O–H groups in total. The van der Waals surface area contributed by atoms with E-state index in [-0.39, 0.29) is 12.0 Å². The molecular weight excluding hydrogens is 292 g/mol. The summed E-state index contributed by atoms with van der Waals surface area (Å²) in [5.41, 5.74) is 1.25. The first-order chi connectivity index (χ1) is 11.3. The molecule has 1 aromatic carbocycles. The summed E-state index contributed by atoms with van der Waals surface area (Å²) in [6.45, 7) is 0. The van der Waals surface area contributed by atoms with Gasteiger partial charge in [-0.2, -0.15) is 0 Å². The van der Waals surface area contributed by atoms with Gasteiger partial charge in [-0.1, -0.05) is 0 Å². The van der Waals surface area contributed by atoms with Gasteiger partial charge in [0.1, 0.15) is 0 Å². The Morgan fingerprint density at radius 3 is 2.57 bits per heavy atom. The summed E-state index contributed by atoms with van der Waals surface area (Å²) in [7, 11) is 1.60. The lowest BCUT2D eigenvalue weighted by atomic mass is 10.1. The summed E-state index contributed by atoms with van der Waals surface area (Å²) in [5, 5.41) is 2.84. The Labute approximate surface area is 135 Å². The molecule has 1 amide bonds. The van der Waals surface area contributed by atoms with Gasteiger partial charge in [-0.15, -0.1) is 0 Å². The minimum Gasteiger partial charge on any atom is -0.493 e. The van der Waals surface area contributed by atoms with Crippen LogP contribution in [0.3, 0.4) is 0 Å². The van der Waals surface area contributed by atoms with Gasteiger partial charge in [0.25, 0.3) is 5.91 Å². The number of nitrogens with zero attached hydrogens (tertiary/aromatic N) is 1. The number of amides is 1. The maximum Gasteiger partial charge on any atom is 0.255 e. The molecule has 120 valence electrons. The van der Waals surface area contributed by atoms with Crippen molar-refractivity contribution >= 4 is 11.6 Å². The highest BCUT2D eigenvalue weighted by molar-refractivity contribution is 6.04. The Balaban J connectivity index is 1.77. The van der Waals surface area contributed by atoms with Gasteiger partial charge in [-0.25, -0.2) is 0 Å². The molecule has 1 aromatic heterocycles. The highest BCUT2D eigenvalue weighted by Gasteiger charge is 2.19. The second-order valence-electron chi connectivity index (χ2n) is 5.58. The number of pyridine rings is 1. The first-order valence-electron chi connectivity index (χ1n) is 7.82. The molecule has 1 fully saturated rings. The number of aromatic nitrogens is 1. The van der Waals surface area contributed by atoms with E-state index in [2.05, 4.69) is 10.3 Å². The Morgan fingerprint density at radius 2 is 1.87 bits per heavy atom. The first kappa shape index (κ1) is 15.3. The van der Waals surface area contributed by atoms with Crippen LogP contribution in [0.2, 0.25) is 0 Å². The lowest BCUT2D eigenvalue weighted by Gasteiger charge is -2.16. The minimum atomic E-state index is -0.185. The number of benzene rings is 1. The van der Waals surface area contributed by atoms with E-state index in [9.17, 15) is 4.79 Å². The van der Waals surface area contributed by atoms with Gasteiger partial charge >= 0.3 is 0 Å². The SMILES string of the molecule is COc1ccc(C(=O)Nc2ccncc2)cc1OC1CCCC1. The first-order valence-corrected chi connectivity index (χ1v) is 7.82. The molecule has 0 atom stereocenters. The molecule has 3 rings (SSSR count). The van der Waals surface area contributed by atoms with E-state index < -0.39 is 0 Å². The Hall–Kier alpha value is -2.56. The second-order valence-corrected chi connectivity index (χ2v) is 5.58. The fourth-order valence-electron chi connectivity index (χ4n) is 2.73. The van der Waals surface area contributed by atoms with Crippen molar-refractivity contribution in [1.82, 2.24) is 4.98 Å². The van der Waals surface area contributed by atoms with E-state index in [4.69, 9.17) is 9.47 Å². The third kappa shape index (κ3) is 3.80. The fourth-order valence-corrected chi connectivity index (χ4v) is 2.73. The number of methoxy groups -OCH3 is 1. The van der Waals surface area contributed by atoms with E-state index in [0.29, 0.717) is 22.7 Å². The number of rotatable bonds is 5. The van der Waals surface area contributed by atoms with Crippen LogP contribution in [-0.4, -0.2) is 24.1 Å². The van der Waals surface area contributed by atoms with Gasteiger partial charge in [-0.05, 0) is 56.0 Å². The monoisotopic (exact) mass is 312 g/mol. The number of carbonyl (C=O) groups excluding carboxylic acids is 1. The summed E-state index contributed by atoms with van der Waals surface area (Å²) in [6.07, 6.45) is 7.97. The van der Waals surface area contributed by atoms with Gasteiger partial charge in [0.05, 0.1) is 13.2 Å². The average molecular weight is 312 g/mol. The van der Waals surface area contributed by atoms with Crippen LogP contribution >= 0.6 is 0 Å². The zero-order valence-electron chi connectivity index (χ0n) is 13.1. The van der Waals surface area contributed by atoms with Crippen LogP contribution in [0.4, 0.5) is 5.69 Å². The lowest BCUT2D eigenvalue weighted by Crippen LogP contribution is -2.14. The molecule has 1 heterocycles. The van der Waals surface area contributed by atoms with Crippen molar-refractivity contribution in [1.29, 1.82) is 0 Å². The Kier molecular flexibility index (Phi) is 4.76. The minimum absolute atomic E-state index is 0.185. The van der Waals surface area contributed by atoms with Crippen molar-refractivity contribution in [2.45, 2.75) is 31.8 Å². The van der Waals surface area contributed by atoms with Crippen LogP contribution in [-0.2, 0) is 0 Å². The molecule has 1 saturated carbocycles. The number of anilines is 1. The van der Waals surface area contributed by atoms with Crippen LogP contribution in [0.15, 0.2) is 42.7 Å². The smallest absolute Gasteiger partial charge is 0.255 e. The summed E-state index contributed by atoms with van der Waals surface area (Å²) in [4.78, 5) is 16.3. The molecule has 1 aliphatic carbocycles. The van der Waals surface area contributed by atoms with Crippen LogP contribution in [0.5, 0.6) is 11.5 Å². The molecule has 0 aliphatic heterocycles. The van der Waals surface area contributed by atoms with Gasteiger partial charge in [0.2, 0.25) is 0 Å². The van der Waals surface area contributed by atoms with Crippen molar-refractivity contribution < 1.29 is 14.3 Å². The van der Waals surface area contributed by atoms with Crippen molar-refractivity contribution in [2.75, 3.05) is 12.4 Å². The average Bonchev–Trinajstić information content (AvgIpc) is 3.09. The fraction of sp³-hybridized carbons (Fsp3) is 0.333. The number of hydrogen-bond acceptors (Lipinski definition) is 4. The molecule has 0 bridgehead atoms. The maximum absolute atomic E-state index is 12.4. The number of carbonyl (C=O) groups is 1. The van der Waals surface area contributed by atoms with E-state index >= 15 is 0 Å². The Morgan fingerprint density at radius 1 is 1.13 bits per heavy atom. The number of ether oxygens (including phenoxy) is 2. The van der Waals surface area contributed by atoms with Crippen molar-refractivity contribution in [2.24, 2.45) is 0 Å². The zero-order valence-corrected chi connectivity index (χ0v) is 13.1. The van der Waals surface area contributed by atoms with E-state index in [1.54, 1.807) is 49.8 Å². The highest BCUT2D eigenvalue weighted by Crippen LogP contribution is 2.32. The molecule has 5 nitrogen and oxygen atoms in total. The molecule has 2 aromatic rings. The third-order valence-corrected chi connectivity index (χ3v) is 3.96. The lowest BCUT2D eigenvalue weighted by molar-refractivity contribution is 0.102. The van der Waals surface area contributed by atoms with Crippen LogP contribution in [0.1, 0.15) is 36.0 Å². The van der Waals surface area contributed by atoms with Crippen LogP contribution in [0, 0.1) is 0 Å². The molecule has 0 unspecified atom stereocenters. The van der Waals surface area contributed by atoms with Crippen molar-refractivity contribution in [3.8, 4) is 11.5 Å². The summed E-state index contributed by atoms with van der Waals surface area (Å²) in [5.74, 6) is 1.09. The normalized spacial score (nSPS) is 14.5.